The van der Waals surface area contributed by atoms with Crippen LogP contribution in [0.15, 0.2) is 12.7 Å². The van der Waals surface area contributed by atoms with Gasteiger partial charge in [-0.2, -0.15) is 0 Å². The number of hydrogen-bond acceptors (Lipinski definition) is 11. The van der Waals surface area contributed by atoms with E-state index in [4.69, 9.17) is 24.5 Å². The van der Waals surface area contributed by atoms with Gasteiger partial charge in [0, 0.05) is 0 Å². The lowest BCUT2D eigenvalue weighted by Gasteiger charge is -2.39. The highest BCUT2D eigenvalue weighted by molar-refractivity contribution is 7.56. The number of esters is 2. The fourth-order valence-corrected chi connectivity index (χ4v) is 6.67. The lowest BCUT2D eigenvalue weighted by Crippen LogP contribution is -2.54. The standard InChI is InChI=1S/C25H41N6O7P/c1-16(2)36-23(32)19(6)38-39(34,30-25(10-8-7-9-11-25)24(33)37-17(3)4)15-35-18(5)12-31-14-29-20-21(26)27-13-28-22(20)31/h13-14,16-19H,7-12,15H2,1-6H3,(H,30,34)(H2,26,27,28)/t18-,19+,39+/m1/s1. The van der Waals surface area contributed by atoms with Crippen LogP contribution in [0.5, 0.6) is 0 Å². The molecule has 14 heteroatoms. The summed E-state index contributed by atoms with van der Waals surface area (Å²) in [6.45, 7) is 10.5. The number of carbonyl (C=O) groups excluding carboxylic acids is 2. The molecule has 2 aromatic rings. The highest BCUT2D eigenvalue weighted by atomic mass is 31.2. The van der Waals surface area contributed by atoms with E-state index >= 15 is 0 Å². The lowest BCUT2D eigenvalue weighted by molar-refractivity contribution is -0.156. The van der Waals surface area contributed by atoms with Crippen molar-refractivity contribution in [3.05, 3.63) is 12.7 Å². The molecule has 2 aromatic heterocycles. The van der Waals surface area contributed by atoms with Crippen molar-refractivity contribution in [2.45, 2.75) is 110 Å². The normalized spacial score (nSPS) is 18.6. The number of anilines is 1. The third-order valence-corrected chi connectivity index (χ3v) is 8.16. The summed E-state index contributed by atoms with van der Waals surface area (Å²) in [5, 5.41) is 3.01. The molecule has 0 unspecified atom stereocenters. The summed E-state index contributed by atoms with van der Waals surface area (Å²) in [5.41, 5.74) is 5.67. The van der Waals surface area contributed by atoms with Gasteiger partial charge in [-0.1, -0.05) is 19.3 Å². The van der Waals surface area contributed by atoms with Gasteiger partial charge >= 0.3 is 11.9 Å². The van der Waals surface area contributed by atoms with Crippen molar-refractivity contribution in [1.29, 1.82) is 0 Å². The average Bonchev–Trinajstić information content (AvgIpc) is 3.26. The molecule has 1 fully saturated rings. The van der Waals surface area contributed by atoms with Gasteiger partial charge in [-0.3, -0.25) is 9.36 Å². The Labute approximate surface area is 229 Å². The Hall–Kier alpha value is -2.60. The Morgan fingerprint density at radius 3 is 2.36 bits per heavy atom. The molecule has 0 aromatic carbocycles. The molecular formula is C25H41N6O7P. The predicted molar refractivity (Wildman–Crippen MR) is 145 cm³/mol. The van der Waals surface area contributed by atoms with E-state index in [9.17, 15) is 14.2 Å². The van der Waals surface area contributed by atoms with Crippen LogP contribution in [0.25, 0.3) is 11.2 Å². The van der Waals surface area contributed by atoms with Crippen LogP contribution in [0.2, 0.25) is 0 Å². The first-order valence-electron chi connectivity index (χ1n) is 13.4. The predicted octanol–water partition coefficient (Wildman–Crippen LogP) is 3.57. The monoisotopic (exact) mass is 568 g/mol. The van der Waals surface area contributed by atoms with Crippen molar-refractivity contribution in [3.8, 4) is 0 Å². The Morgan fingerprint density at radius 2 is 1.72 bits per heavy atom. The number of rotatable bonds is 13. The molecule has 0 amide bonds. The molecule has 0 saturated heterocycles. The molecule has 218 valence electrons. The summed E-state index contributed by atoms with van der Waals surface area (Å²) in [7, 11) is -3.95. The molecule has 1 saturated carbocycles. The van der Waals surface area contributed by atoms with E-state index in [1.165, 1.54) is 13.3 Å². The molecule has 3 rings (SSSR count). The topological polar surface area (TPSA) is 170 Å². The fourth-order valence-electron chi connectivity index (χ4n) is 4.47. The molecule has 2 heterocycles. The van der Waals surface area contributed by atoms with Crippen LogP contribution in [-0.4, -0.2) is 67.8 Å². The number of carbonyl (C=O) groups is 2. The van der Waals surface area contributed by atoms with Crippen molar-refractivity contribution in [1.82, 2.24) is 24.6 Å². The smallest absolute Gasteiger partial charge is 0.335 e. The van der Waals surface area contributed by atoms with E-state index in [2.05, 4.69) is 20.0 Å². The fraction of sp³-hybridized carbons (Fsp3) is 0.720. The van der Waals surface area contributed by atoms with Crippen molar-refractivity contribution >= 4 is 36.4 Å². The van der Waals surface area contributed by atoms with Crippen LogP contribution in [0, 0.1) is 0 Å². The molecule has 3 N–H and O–H groups in total. The van der Waals surface area contributed by atoms with Crippen LogP contribution in [0.4, 0.5) is 5.82 Å². The van der Waals surface area contributed by atoms with Gasteiger partial charge < -0.3 is 29.0 Å². The minimum atomic E-state index is -3.95. The van der Waals surface area contributed by atoms with Crippen LogP contribution < -0.4 is 10.8 Å². The second kappa shape index (κ2) is 13.2. The molecule has 3 atom stereocenters. The van der Waals surface area contributed by atoms with Gasteiger partial charge in [-0.25, -0.2) is 24.8 Å². The van der Waals surface area contributed by atoms with Gasteiger partial charge in [-0.15, -0.1) is 0 Å². The summed E-state index contributed by atoms with van der Waals surface area (Å²) in [4.78, 5) is 38.2. The number of nitrogens with two attached hydrogens (primary N) is 1. The van der Waals surface area contributed by atoms with E-state index < -0.39 is 43.6 Å². The van der Waals surface area contributed by atoms with E-state index in [0.717, 1.165) is 19.3 Å². The number of hydrogen-bond donors (Lipinski definition) is 2. The lowest BCUT2D eigenvalue weighted by atomic mass is 9.82. The highest BCUT2D eigenvalue weighted by Gasteiger charge is 2.47. The zero-order chi connectivity index (χ0) is 28.8. The first-order chi connectivity index (χ1) is 18.3. The van der Waals surface area contributed by atoms with Crippen molar-refractivity contribution in [2.24, 2.45) is 0 Å². The maximum absolute atomic E-state index is 14.3. The summed E-state index contributed by atoms with van der Waals surface area (Å²) < 4.78 is 38.7. The third-order valence-electron chi connectivity index (χ3n) is 6.25. The minimum Gasteiger partial charge on any atom is -0.462 e. The van der Waals surface area contributed by atoms with Gasteiger partial charge in [0.2, 0.25) is 0 Å². The second-order valence-corrected chi connectivity index (χ2v) is 12.6. The summed E-state index contributed by atoms with van der Waals surface area (Å²) in [5.74, 6) is -0.888. The number of nitrogens with zero attached hydrogens (tertiary/aromatic N) is 4. The number of nitrogens with one attached hydrogen (secondary N) is 1. The largest absolute Gasteiger partial charge is 0.462 e. The molecule has 13 nitrogen and oxygen atoms in total. The molecular weight excluding hydrogens is 527 g/mol. The number of imidazole rings is 1. The molecule has 39 heavy (non-hydrogen) atoms. The van der Waals surface area contributed by atoms with E-state index in [-0.39, 0.29) is 18.0 Å². The molecule has 0 radical (unpaired) electrons. The van der Waals surface area contributed by atoms with Gasteiger partial charge in [0.15, 0.2) is 17.6 Å². The summed E-state index contributed by atoms with van der Waals surface area (Å²) in [6.07, 6.45) is 3.47. The van der Waals surface area contributed by atoms with Gasteiger partial charge in [0.1, 0.15) is 23.7 Å². The molecule has 0 aliphatic heterocycles. The van der Waals surface area contributed by atoms with Crippen LogP contribution in [-0.2, 0) is 39.4 Å². The minimum absolute atomic E-state index is 0.266. The number of fused-ring (bicyclic) bond motifs is 1. The van der Waals surface area contributed by atoms with Crippen molar-refractivity contribution in [3.63, 3.8) is 0 Å². The zero-order valence-electron chi connectivity index (χ0n) is 23.6. The maximum atomic E-state index is 14.3. The van der Waals surface area contributed by atoms with Crippen LogP contribution in [0.1, 0.15) is 73.6 Å². The third kappa shape index (κ3) is 8.20. The van der Waals surface area contributed by atoms with Crippen molar-refractivity contribution < 1.29 is 32.9 Å². The van der Waals surface area contributed by atoms with E-state index in [1.54, 1.807) is 45.5 Å². The van der Waals surface area contributed by atoms with Crippen molar-refractivity contribution in [2.75, 3.05) is 12.1 Å². The Morgan fingerprint density at radius 1 is 1.05 bits per heavy atom. The SMILES string of the molecule is CC(C)OC(=O)[C@H](C)O[P@@](=O)(CO[C@H](C)Cn1cnc2c(N)ncnc21)NC1(C(=O)OC(C)C)CCCCC1. The number of ether oxygens (including phenoxy) is 3. The second-order valence-electron chi connectivity index (χ2n) is 10.5. The number of aromatic nitrogens is 4. The maximum Gasteiger partial charge on any atom is 0.335 e. The Balaban J connectivity index is 1.81. The molecule has 0 spiro atoms. The van der Waals surface area contributed by atoms with E-state index in [0.29, 0.717) is 30.6 Å². The first-order valence-corrected chi connectivity index (χ1v) is 15.2. The van der Waals surface area contributed by atoms with Gasteiger partial charge in [-0.05, 0) is 54.4 Å². The molecule has 1 aliphatic rings. The van der Waals surface area contributed by atoms with Crippen LogP contribution in [0.3, 0.4) is 0 Å². The molecule has 1 aliphatic carbocycles. The Kier molecular flexibility index (Phi) is 10.4. The highest BCUT2D eigenvalue weighted by Crippen LogP contribution is 2.49. The van der Waals surface area contributed by atoms with Gasteiger partial charge in [0.05, 0.1) is 31.2 Å². The van der Waals surface area contributed by atoms with Gasteiger partial charge in [0.25, 0.3) is 7.52 Å². The summed E-state index contributed by atoms with van der Waals surface area (Å²) >= 11 is 0. The number of nitrogen functional groups attached to an aromatic ring is 1. The zero-order valence-corrected chi connectivity index (χ0v) is 24.5. The average molecular weight is 569 g/mol. The molecule has 0 bridgehead atoms. The quantitative estimate of drug-likeness (QED) is 0.266. The van der Waals surface area contributed by atoms with E-state index in [1.807, 2.05) is 0 Å². The Bertz CT molecular complexity index is 1180. The van der Waals surface area contributed by atoms with Crippen LogP contribution >= 0.6 is 7.52 Å². The first kappa shape index (κ1) is 30.9. The summed E-state index contributed by atoms with van der Waals surface area (Å²) in [6, 6.07) is 0.